The molecule has 0 amide bonds. The zero-order valence-electron chi connectivity index (χ0n) is 17.0. The van der Waals surface area contributed by atoms with Crippen LogP contribution < -0.4 is 5.43 Å². The number of esters is 1. The molecule has 0 atom stereocenters. The fraction of sp³-hybridized carbons (Fsp3) is 0.0435. The van der Waals surface area contributed by atoms with Crippen LogP contribution in [0.1, 0.15) is 0 Å². The van der Waals surface area contributed by atoms with Crippen molar-refractivity contribution in [1.29, 1.82) is 0 Å². The van der Waals surface area contributed by atoms with Crippen molar-refractivity contribution in [2.75, 3.05) is 12.5 Å². The van der Waals surface area contributed by atoms with Gasteiger partial charge in [-0.2, -0.15) is 5.10 Å². The van der Waals surface area contributed by atoms with Gasteiger partial charge in [-0.15, -0.1) is 10.2 Å². The first-order chi connectivity index (χ1) is 15.7. The molecule has 4 aromatic rings. The number of nitrogens with zero attached hydrogens (tertiary/aromatic N) is 4. The smallest absolute Gasteiger partial charge is 0.365 e. The van der Waals surface area contributed by atoms with Gasteiger partial charge in [0, 0.05) is 16.3 Å². The van der Waals surface area contributed by atoms with Crippen molar-refractivity contribution in [3.05, 3.63) is 90.0 Å². The van der Waals surface area contributed by atoms with Gasteiger partial charge in [-0.1, -0.05) is 60.1 Å². The number of methoxy groups -OCH3 is 1. The summed E-state index contributed by atoms with van der Waals surface area (Å²) in [4.78, 5) is 12.4. The molecular formula is C23H18ClN5O2S. The van der Waals surface area contributed by atoms with Crippen molar-refractivity contribution in [3.63, 3.8) is 0 Å². The number of halogens is 1. The highest BCUT2D eigenvalue weighted by Gasteiger charge is 2.22. The van der Waals surface area contributed by atoms with E-state index in [1.54, 1.807) is 24.3 Å². The molecule has 0 radical (unpaired) electrons. The summed E-state index contributed by atoms with van der Waals surface area (Å²) in [7, 11) is 1.30. The maximum absolute atomic E-state index is 12.4. The molecule has 0 aliphatic carbocycles. The molecule has 1 N–H and O–H groups in total. The highest BCUT2D eigenvalue weighted by molar-refractivity contribution is 8.15. The lowest BCUT2D eigenvalue weighted by Crippen LogP contribution is -2.15. The molecule has 3 aromatic carbocycles. The van der Waals surface area contributed by atoms with E-state index in [0.29, 0.717) is 21.7 Å². The molecular weight excluding hydrogens is 446 g/mol. The minimum absolute atomic E-state index is 0.0756. The summed E-state index contributed by atoms with van der Waals surface area (Å²) in [5.41, 5.74) is 5.28. The van der Waals surface area contributed by atoms with Gasteiger partial charge in [0.2, 0.25) is 10.2 Å². The van der Waals surface area contributed by atoms with Crippen LogP contribution in [0.3, 0.4) is 0 Å². The molecule has 0 unspecified atom stereocenters. The monoisotopic (exact) mass is 463 g/mol. The van der Waals surface area contributed by atoms with Crippen LogP contribution >= 0.6 is 23.4 Å². The first kappa shape index (κ1) is 21.6. The zero-order valence-corrected chi connectivity index (χ0v) is 18.5. The highest BCUT2D eigenvalue weighted by atomic mass is 35.5. The van der Waals surface area contributed by atoms with Gasteiger partial charge in [-0.05, 0) is 48.2 Å². The second-order valence-electron chi connectivity index (χ2n) is 6.47. The maximum Gasteiger partial charge on any atom is 0.365 e. The Labute approximate surface area is 194 Å². The number of anilines is 1. The Kier molecular flexibility index (Phi) is 6.84. The van der Waals surface area contributed by atoms with Gasteiger partial charge in [0.1, 0.15) is 0 Å². The molecule has 0 fully saturated rings. The number of hydrogen-bond donors (Lipinski definition) is 1. The topological polar surface area (TPSA) is 81.4 Å². The van der Waals surface area contributed by atoms with Crippen molar-refractivity contribution in [2.24, 2.45) is 5.10 Å². The third-order valence-corrected chi connectivity index (χ3v) is 5.51. The van der Waals surface area contributed by atoms with Crippen LogP contribution in [0, 0.1) is 0 Å². The van der Waals surface area contributed by atoms with E-state index in [4.69, 9.17) is 16.3 Å². The fourth-order valence-corrected chi connectivity index (χ4v) is 3.77. The number of thioether (sulfide) groups is 1. The first-order valence-electron chi connectivity index (χ1n) is 9.57. The summed E-state index contributed by atoms with van der Waals surface area (Å²) in [6, 6.07) is 26.3. The Hall–Kier alpha value is -3.62. The second-order valence-corrected chi connectivity index (χ2v) is 7.86. The SMILES string of the molecule is COC(=O)C(=NNc1ccc(Cl)cc1)Sc1nnc(-c2ccccc2)n1-c1ccccc1. The number of para-hydroxylation sites is 1. The number of nitrogens with one attached hydrogen (secondary N) is 1. The van der Waals surface area contributed by atoms with Crippen LogP contribution in [0.5, 0.6) is 0 Å². The number of aromatic nitrogens is 3. The van der Waals surface area contributed by atoms with Crippen LogP contribution in [0.4, 0.5) is 5.69 Å². The molecule has 0 saturated heterocycles. The molecule has 1 heterocycles. The van der Waals surface area contributed by atoms with Crippen LogP contribution in [-0.4, -0.2) is 32.9 Å². The Bertz CT molecular complexity index is 1230. The summed E-state index contributed by atoms with van der Waals surface area (Å²) in [5.74, 6) is 0.0505. The van der Waals surface area contributed by atoms with E-state index in [1.807, 2.05) is 65.2 Å². The van der Waals surface area contributed by atoms with E-state index in [1.165, 1.54) is 7.11 Å². The van der Waals surface area contributed by atoms with Gasteiger partial charge in [0.15, 0.2) is 5.82 Å². The lowest BCUT2D eigenvalue weighted by Gasteiger charge is -2.11. The average Bonchev–Trinajstić information content (AvgIpc) is 3.27. The van der Waals surface area contributed by atoms with E-state index >= 15 is 0 Å². The van der Waals surface area contributed by atoms with Crippen molar-refractivity contribution in [1.82, 2.24) is 14.8 Å². The summed E-state index contributed by atoms with van der Waals surface area (Å²) >= 11 is 6.98. The van der Waals surface area contributed by atoms with E-state index in [0.717, 1.165) is 23.0 Å². The fourth-order valence-electron chi connectivity index (χ4n) is 2.84. The Balaban J connectivity index is 1.72. The van der Waals surface area contributed by atoms with Crippen molar-refractivity contribution >= 4 is 40.1 Å². The van der Waals surface area contributed by atoms with Crippen LogP contribution in [0.2, 0.25) is 5.02 Å². The molecule has 0 aliphatic rings. The van der Waals surface area contributed by atoms with Gasteiger partial charge >= 0.3 is 5.97 Å². The van der Waals surface area contributed by atoms with Gasteiger partial charge in [-0.25, -0.2) is 4.79 Å². The highest BCUT2D eigenvalue weighted by Crippen LogP contribution is 2.29. The minimum Gasteiger partial charge on any atom is -0.464 e. The third-order valence-electron chi connectivity index (χ3n) is 4.36. The average molecular weight is 464 g/mol. The van der Waals surface area contributed by atoms with Crippen LogP contribution in [0.25, 0.3) is 17.1 Å². The molecule has 160 valence electrons. The predicted molar refractivity (Wildman–Crippen MR) is 127 cm³/mol. The van der Waals surface area contributed by atoms with Gasteiger partial charge in [0.05, 0.1) is 12.8 Å². The van der Waals surface area contributed by atoms with Gasteiger partial charge < -0.3 is 4.74 Å². The number of hydrogen-bond acceptors (Lipinski definition) is 7. The summed E-state index contributed by atoms with van der Waals surface area (Å²) < 4.78 is 6.80. The largest absolute Gasteiger partial charge is 0.464 e. The quantitative estimate of drug-likeness (QED) is 0.142. The summed E-state index contributed by atoms with van der Waals surface area (Å²) in [6.07, 6.45) is 0. The van der Waals surface area contributed by atoms with E-state index in [-0.39, 0.29) is 5.04 Å². The van der Waals surface area contributed by atoms with Crippen molar-refractivity contribution in [3.8, 4) is 17.1 Å². The molecule has 4 rings (SSSR count). The van der Waals surface area contributed by atoms with Crippen molar-refractivity contribution in [2.45, 2.75) is 5.16 Å². The molecule has 9 heteroatoms. The number of rotatable bonds is 5. The Morgan fingerprint density at radius 2 is 1.62 bits per heavy atom. The molecule has 7 nitrogen and oxygen atoms in total. The first-order valence-corrected chi connectivity index (χ1v) is 10.8. The van der Waals surface area contributed by atoms with Crippen molar-refractivity contribution < 1.29 is 9.53 Å². The number of carbonyl (C=O) groups excluding carboxylic acids is 1. The molecule has 1 aromatic heterocycles. The second kappa shape index (κ2) is 10.1. The Morgan fingerprint density at radius 3 is 2.28 bits per heavy atom. The Morgan fingerprint density at radius 1 is 0.969 bits per heavy atom. The molecule has 0 bridgehead atoms. The van der Waals surface area contributed by atoms with E-state index < -0.39 is 5.97 Å². The lowest BCUT2D eigenvalue weighted by molar-refractivity contribution is -0.132. The summed E-state index contributed by atoms with van der Waals surface area (Å²) in [6.45, 7) is 0. The number of ether oxygens (including phenoxy) is 1. The summed E-state index contributed by atoms with van der Waals surface area (Å²) in [5, 5.41) is 14.1. The molecule has 32 heavy (non-hydrogen) atoms. The number of carbonyl (C=O) groups is 1. The molecule has 0 spiro atoms. The molecule has 0 aliphatic heterocycles. The lowest BCUT2D eigenvalue weighted by atomic mass is 10.2. The van der Waals surface area contributed by atoms with E-state index in [2.05, 4.69) is 20.7 Å². The standard InChI is InChI=1S/C23H18ClN5O2S/c1-31-22(30)21(27-25-18-14-12-17(24)13-15-18)32-23-28-26-20(16-8-4-2-5-9-16)29(23)19-10-6-3-7-11-19/h2-15,25H,1H3. The van der Waals surface area contributed by atoms with Gasteiger partial charge in [0.25, 0.3) is 0 Å². The van der Waals surface area contributed by atoms with E-state index in [9.17, 15) is 4.79 Å². The van der Waals surface area contributed by atoms with Crippen LogP contribution in [0.15, 0.2) is 95.2 Å². The minimum atomic E-state index is -0.597. The normalized spacial score (nSPS) is 11.2. The number of benzene rings is 3. The zero-order chi connectivity index (χ0) is 22.3. The van der Waals surface area contributed by atoms with Crippen LogP contribution in [-0.2, 0) is 9.53 Å². The predicted octanol–water partition coefficient (Wildman–Crippen LogP) is 5.28. The maximum atomic E-state index is 12.4. The van der Waals surface area contributed by atoms with Gasteiger partial charge in [-0.3, -0.25) is 9.99 Å². The number of hydrazone groups is 1. The third kappa shape index (κ3) is 4.99. The molecule has 0 saturated carbocycles.